The Morgan fingerprint density at radius 1 is 1.06 bits per heavy atom. The van der Waals surface area contributed by atoms with E-state index in [2.05, 4.69) is 20.3 Å². The monoisotopic (exact) mass is 504 g/mol. The summed E-state index contributed by atoms with van der Waals surface area (Å²) in [6, 6.07) is 2.56. The number of halogens is 2. The van der Waals surface area contributed by atoms with Crippen LogP contribution in [-0.2, 0) is 9.53 Å². The lowest BCUT2D eigenvalue weighted by Crippen LogP contribution is -2.47. The van der Waals surface area contributed by atoms with Gasteiger partial charge in [0.25, 0.3) is 0 Å². The second-order valence-electron chi connectivity index (χ2n) is 10.9. The molecule has 1 N–H and O–H groups in total. The lowest BCUT2D eigenvalue weighted by molar-refractivity contribution is -0.123. The number of benzene rings is 1. The molecule has 0 spiro atoms. The van der Waals surface area contributed by atoms with Gasteiger partial charge in [-0.25, -0.2) is 8.78 Å². The Balaban J connectivity index is 0.996. The topological polar surface area (TPSA) is 70.8 Å². The highest BCUT2D eigenvalue weighted by Gasteiger charge is 2.29. The number of piperazine rings is 1. The van der Waals surface area contributed by atoms with Crippen LogP contribution in [0.15, 0.2) is 16.7 Å². The van der Waals surface area contributed by atoms with Crippen molar-refractivity contribution in [2.75, 3.05) is 44.7 Å². The molecule has 7 nitrogen and oxygen atoms in total. The molecule has 1 saturated heterocycles. The fourth-order valence-electron chi connectivity index (χ4n) is 6.27. The van der Waals surface area contributed by atoms with Gasteiger partial charge in [-0.3, -0.25) is 9.69 Å². The summed E-state index contributed by atoms with van der Waals surface area (Å²) in [4.78, 5) is 17.0. The molecule has 36 heavy (non-hydrogen) atoms. The Morgan fingerprint density at radius 3 is 2.50 bits per heavy atom. The number of anilines is 1. The number of aromatic nitrogens is 1. The minimum atomic E-state index is -0.920. The second-order valence-corrected chi connectivity index (χ2v) is 10.9. The van der Waals surface area contributed by atoms with Gasteiger partial charge in [0.2, 0.25) is 5.91 Å². The van der Waals surface area contributed by atoms with Crippen LogP contribution in [0.5, 0.6) is 0 Å². The van der Waals surface area contributed by atoms with Crippen LogP contribution in [0, 0.1) is 23.5 Å². The third-order valence-electron chi connectivity index (χ3n) is 8.53. The van der Waals surface area contributed by atoms with Crippen LogP contribution in [0.1, 0.15) is 57.8 Å². The van der Waals surface area contributed by atoms with Crippen LogP contribution < -0.4 is 10.2 Å². The van der Waals surface area contributed by atoms with Gasteiger partial charge in [0.15, 0.2) is 23.0 Å². The lowest BCUT2D eigenvalue weighted by atomic mass is 9.84. The highest BCUT2D eigenvalue weighted by atomic mass is 19.2. The highest BCUT2D eigenvalue weighted by Crippen LogP contribution is 2.32. The van der Waals surface area contributed by atoms with Gasteiger partial charge in [-0.1, -0.05) is 5.16 Å². The van der Waals surface area contributed by atoms with Crippen LogP contribution in [0.2, 0.25) is 0 Å². The predicted molar refractivity (Wildman–Crippen MR) is 134 cm³/mol. The van der Waals surface area contributed by atoms with Crippen molar-refractivity contribution in [1.82, 2.24) is 15.4 Å². The first kappa shape index (κ1) is 25.4. The van der Waals surface area contributed by atoms with Gasteiger partial charge < -0.3 is 19.5 Å². The summed E-state index contributed by atoms with van der Waals surface area (Å²) < 4.78 is 37.8. The van der Waals surface area contributed by atoms with Crippen molar-refractivity contribution in [2.45, 2.75) is 69.9 Å². The lowest BCUT2D eigenvalue weighted by Gasteiger charge is -2.36. The average molecular weight is 505 g/mol. The van der Waals surface area contributed by atoms with Crippen molar-refractivity contribution >= 4 is 22.7 Å². The van der Waals surface area contributed by atoms with E-state index in [1.54, 1.807) is 7.11 Å². The van der Waals surface area contributed by atoms with E-state index in [0.29, 0.717) is 41.6 Å². The largest absolute Gasteiger partial charge is 0.381 e. The standard InChI is InChI=1S/C27H38F2N4O3/c1-35-21-7-4-19(14-21)15-26(34)30-20-5-2-18(3-6-20)8-9-32-10-12-33(13-11-32)27-22-16-23(28)24(29)17-25(22)36-31-27/h16-21H,2-15H2,1H3,(H,30,34)/t18-,19-,20-,21-/m0/s1. The van der Waals surface area contributed by atoms with Crippen molar-refractivity contribution in [3.8, 4) is 0 Å². The fraction of sp³-hybridized carbons (Fsp3) is 0.704. The quantitative estimate of drug-likeness (QED) is 0.571. The number of fused-ring (bicyclic) bond motifs is 1. The Labute approximate surface area is 211 Å². The summed E-state index contributed by atoms with van der Waals surface area (Å²) >= 11 is 0. The molecule has 0 unspecified atom stereocenters. The maximum Gasteiger partial charge on any atom is 0.220 e. The Kier molecular flexibility index (Phi) is 8.06. The highest BCUT2D eigenvalue weighted by molar-refractivity contribution is 5.88. The van der Waals surface area contributed by atoms with E-state index >= 15 is 0 Å². The zero-order valence-corrected chi connectivity index (χ0v) is 21.2. The smallest absolute Gasteiger partial charge is 0.220 e. The number of rotatable bonds is 8. The van der Waals surface area contributed by atoms with Gasteiger partial charge in [-0.15, -0.1) is 0 Å². The van der Waals surface area contributed by atoms with Gasteiger partial charge in [-0.2, -0.15) is 0 Å². The average Bonchev–Trinajstić information content (AvgIpc) is 3.51. The molecule has 1 aromatic carbocycles. The van der Waals surface area contributed by atoms with E-state index in [0.717, 1.165) is 70.9 Å². The zero-order chi connectivity index (χ0) is 25.1. The van der Waals surface area contributed by atoms with Crippen LogP contribution in [0.25, 0.3) is 11.0 Å². The van der Waals surface area contributed by atoms with Crippen molar-refractivity contribution < 1.29 is 22.8 Å². The molecule has 1 aliphatic heterocycles. The number of hydrogen-bond donors (Lipinski definition) is 1. The van der Waals surface area contributed by atoms with E-state index in [1.165, 1.54) is 25.3 Å². The van der Waals surface area contributed by atoms with Crippen molar-refractivity contribution in [3.05, 3.63) is 23.8 Å². The molecule has 0 bridgehead atoms. The molecular weight excluding hydrogens is 466 g/mol. The zero-order valence-electron chi connectivity index (χ0n) is 21.2. The van der Waals surface area contributed by atoms with E-state index in [1.807, 2.05) is 0 Å². The third kappa shape index (κ3) is 5.99. The minimum Gasteiger partial charge on any atom is -0.381 e. The van der Waals surface area contributed by atoms with Crippen LogP contribution in [-0.4, -0.2) is 67.9 Å². The summed E-state index contributed by atoms with van der Waals surface area (Å²) in [6.07, 6.45) is 9.84. The normalized spacial score (nSPS) is 27.6. The number of nitrogens with zero attached hydrogens (tertiary/aromatic N) is 3. The molecule has 1 amide bonds. The molecule has 3 aliphatic rings. The molecular formula is C27H38F2N4O3. The summed E-state index contributed by atoms with van der Waals surface area (Å²) in [5.41, 5.74) is 0.274. The number of hydrogen-bond acceptors (Lipinski definition) is 6. The molecule has 2 aromatic rings. The van der Waals surface area contributed by atoms with Gasteiger partial charge in [-0.05, 0) is 75.8 Å². The molecule has 2 aliphatic carbocycles. The van der Waals surface area contributed by atoms with Crippen molar-refractivity contribution in [3.63, 3.8) is 0 Å². The van der Waals surface area contributed by atoms with Gasteiger partial charge in [0.05, 0.1) is 11.5 Å². The SMILES string of the molecule is CO[C@H]1CC[C@H](CC(=O)N[C@H]2CC[C@H](CCN3CCN(c4noc5cc(F)c(F)cc45)CC3)CC2)C1. The fourth-order valence-corrected chi connectivity index (χ4v) is 6.27. The molecule has 9 heteroatoms. The summed E-state index contributed by atoms with van der Waals surface area (Å²) in [6.45, 7) is 4.46. The van der Waals surface area contributed by atoms with E-state index in [4.69, 9.17) is 9.26 Å². The van der Waals surface area contributed by atoms with Gasteiger partial charge in [0.1, 0.15) is 0 Å². The molecule has 1 aromatic heterocycles. The number of carbonyl (C=O) groups excluding carboxylic acids is 1. The maximum absolute atomic E-state index is 13.7. The Hall–Kier alpha value is -2.26. The molecule has 2 saturated carbocycles. The molecule has 0 radical (unpaired) electrons. The van der Waals surface area contributed by atoms with Crippen molar-refractivity contribution in [1.29, 1.82) is 0 Å². The number of carbonyl (C=O) groups is 1. The van der Waals surface area contributed by atoms with Gasteiger partial charge in [0, 0.05) is 51.8 Å². The van der Waals surface area contributed by atoms with E-state index < -0.39 is 11.6 Å². The Bertz CT molecular complexity index is 1030. The minimum absolute atomic E-state index is 0.214. The summed E-state index contributed by atoms with van der Waals surface area (Å²) in [5.74, 6) is 0.191. The second kappa shape index (κ2) is 11.4. The van der Waals surface area contributed by atoms with Crippen LogP contribution in [0.3, 0.4) is 0 Å². The van der Waals surface area contributed by atoms with Crippen LogP contribution >= 0.6 is 0 Å². The summed E-state index contributed by atoms with van der Waals surface area (Å²) in [7, 11) is 1.76. The molecule has 3 fully saturated rings. The number of amides is 1. The van der Waals surface area contributed by atoms with E-state index in [9.17, 15) is 13.6 Å². The summed E-state index contributed by atoms with van der Waals surface area (Å²) in [5, 5.41) is 7.88. The number of methoxy groups -OCH3 is 1. The maximum atomic E-state index is 13.7. The number of ether oxygens (including phenoxy) is 1. The van der Waals surface area contributed by atoms with Crippen LogP contribution in [0.4, 0.5) is 14.6 Å². The molecule has 2 atom stereocenters. The third-order valence-corrected chi connectivity index (χ3v) is 8.53. The molecule has 2 heterocycles. The molecule has 198 valence electrons. The number of nitrogens with one attached hydrogen (secondary N) is 1. The first-order chi connectivity index (χ1) is 17.5. The molecule has 5 rings (SSSR count). The Morgan fingerprint density at radius 2 is 1.78 bits per heavy atom. The van der Waals surface area contributed by atoms with E-state index in [-0.39, 0.29) is 11.5 Å². The van der Waals surface area contributed by atoms with Gasteiger partial charge >= 0.3 is 0 Å². The first-order valence-electron chi connectivity index (χ1n) is 13.5. The first-order valence-corrected chi connectivity index (χ1v) is 13.5. The van der Waals surface area contributed by atoms with Crippen molar-refractivity contribution in [2.24, 2.45) is 11.8 Å². The predicted octanol–water partition coefficient (Wildman–Crippen LogP) is 4.50.